The lowest BCUT2D eigenvalue weighted by Gasteiger charge is -2.36. The number of amides is 1. The number of anilines is 1. The predicted molar refractivity (Wildman–Crippen MR) is 132 cm³/mol. The van der Waals surface area contributed by atoms with Crippen LogP contribution in [0.3, 0.4) is 0 Å². The van der Waals surface area contributed by atoms with E-state index in [0.717, 1.165) is 35.2 Å². The second-order valence-electron chi connectivity index (χ2n) is 9.08. The van der Waals surface area contributed by atoms with Crippen LogP contribution < -0.4 is 10.5 Å². The second kappa shape index (κ2) is 8.39. The minimum Gasteiger partial charge on any atom is -0.368 e. The van der Waals surface area contributed by atoms with Crippen molar-refractivity contribution in [1.29, 1.82) is 0 Å². The molecule has 1 aliphatic heterocycles. The number of hydrogen-bond acceptors (Lipinski definition) is 4. The maximum atomic E-state index is 13.0. The van der Waals surface area contributed by atoms with Crippen LogP contribution in [0.4, 0.5) is 5.69 Å². The normalized spacial score (nSPS) is 14.5. The van der Waals surface area contributed by atoms with Crippen LogP contribution in [0.2, 0.25) is 0 Å². The molecular weight excluding hydrogens is 414 g/mol. The summed E-state index contributed by atoms with van der Waals surface area (Å²) in [6.45, 7) is 6.84. The first kappa shape index (κ1) is 21.2. The third-order valence-corrected chi connectivity index (χ3v) is 6.64. The number of rotatable bonds is 4. The van der Waals surface area contributed by atoms with E-state index in [-0.39, 0.29) is 17.5 Å². The van der Waals surface area contributed by atoms with E-state index in [1.54, 1.807) is 10.9 Å². The quantitative estimate of drug-likeness (QED) is 0.485. The highest BCUT2D eigenvalue weighted by atomic mass is 16.2. The van der Waals surface area contributed by atoms with Crippen LogP contribution in [0.15, 0.2) is 59.8 Å². The molecule has 1 saturated heterocycles. The van der Waals surface area contributed by atoms with E-state index in [0.29, 0.717) is 30.4 Å². The van der Waals surface area contributed by atoms with E-state index >= 15 is 0 Å². The van der Waals surface area contributed by atoms with Crippen LogP contribution in [0.1, 0.15) is 25.5 Å². The molecule has 33 heavy (non-hydrogen) atoms. The summed E-state index contributed by atoms with van der Waals surface area (Å²) in [7, 11) is 2.02. The molecule has 7 heteroatoms. The first-order valence-corrected chi connectivity index (χ1v) is 11.5. The van der Waals surface area contributed by atoms with Gasteiger partial charge in [0.05, 0.1) is 23.7 Å². The fourth-order valence-electron chi connectivity index (χ4n) is 4.74. The monoisotopic (exact) mass is 443 g/mol. The Bertz CT molecular complexity index is 1390. The van der Waals surface area contributed by atoms with E-state index in [2.05, 4.69) is 32.8 Å². The van der Waals surface area contributed by atoms with Gasteiger partial charge in [-0.05, 0) is 43.7 Å². The van der Waals surface area contributed by atoms with Gasteiger partial charge in [-0.1, -0.05) is 18.2 Å². The van der Waals surface area contributed by atoms with Crippen molar-refractivity contribution in [3.63, 3.8) is 0 Å². The number of nitrogens with zero attached hydrogens (tertiary/aromatic N) is 5. The standard InChI is InChI=1S/C26H29N5O2/c1-18(2)31-17-27-23-15-20(8-9-22(23)26(31)33)29-10-12-30(13-11-29)25(32)14-19-16-28(3)24-7-5-4-6-21(19)24/h4-9,15-18H,10-14H2,1-3H3. The van der Waals surface area contributed by atoms with Crippen molar-refractivity contribution in [2.24, 2.45) is 7.05 Å². The predicted octanol–water partition coefficient (Wildman–Crippen LogP) is 3.36. The number of carbonyl (C=O) groups is 1. The topological polar surface area (TPSA) is 63.4 Å². The van der Waals surface area contributed by atoms with Crippen LogP contribution in [0.25, 0.3) is 21.8 Å². The van der Waals surface area contributed by atoms with Crippen molar-refractivity contribution >= 4 is 33.4 Å². The lowest BCUT2D eigenvalue weighted by Crippen LogP contribution is -2.49. The smallest absolute Gasteiger partial charge is 0.261 e. The van der Waals surface area contributed by atoms with E-state index in [1.807, 2.05) is 56.1 Å². The molecule has 170 valence electrons. The first-order chi connectivity index (χ1) is 15.9. The number of carbonyl (C=O) groups excluding carboxylic acids is 1. The highest BCUT2D eigenvalue weighted by Gasteiger charge is 2.23. The Kier molecular flexibility index (Phi) is 5.40. The van der Waals surface area contributed by atoms with E-state index < -0.39 is 0 Å². The van der Waals surface area contributed by atoms with Crippen molar-refractivity contribution in [1.82, 2.24) is 19.0 Å². The number of para-hydroxylation sites is 1. The molecule has 2 aromatic carbocycles. The molecule has 0 unspecified atom stereocenters. The molecule has 0 saturated carbocycles. The summed E-state index contributed by atoms with van der Waals surface area (Å²) >= 11 is 0. The minimum atomic E-state index is -0.00889. The lowest BCUT2D eigenvalue weighted by molar-refractivity contribution is -0.130. The number of aryl methyl sites for hydroxylation is 1. The Morgan fingerprint density at radius 3 is 2.55 bits per heavy atom. The van der Waals surface area contributed by atoms with Crippen LogP contribution in [-0.2, 0) is 18.3 Å². The Morgan fingerprint density at radius 1 is 1.03 bits per heavy atom. The maximum absolute atomic E-state index is 13.0. The summed E-state index contributed by atoms with van der Waals surface area (Å²) in [5.41, 5.74) is 3.97. The van der Waals surface area contributed by atoms with Crippen molar-refractivity contribution < 1.29 is 4.79 Å². The van der Waals surface area contributed by atoms with Crippen molar-refractivity contribution in [2.75, 3.05) is 31.1 Å². The van der Waals surface area contributed by atoms with Gasteiger partial charge in [0.2, 0.25) is 5.91 Å². The molecule has 1 aliphatic rings. The SMILES string of the molecule is CC(C)n1cnc2cc(N3CCN(C(=O)Cc4cn(C)c5ccccc45)CC3)ccc2c1=O. The molecule has 0 atom stereocenters. The number of fused-ring (bicyclic) bond motifs is 2. The second-order valence-corrected chi connectivity index (χ2v) is 9.08. The summed E-state index contributed by atoms with van der Waals surface area (Å²) in [6.07, 6.45) is 4.11. The van der Waals surface area contributed by atoms with Crippen molar-refractivity contribution in [2.45, 2.75) is 26.3 Å². The molecular formula is C26H29N5O2. The van der Waals surface area contributed by atoms with Gasteiger partial charge in [0.25, 0.3) is 5.56 Å². The van der Waals surface area contributed by atoms with E-state index in [4.69, 9.17) is 0 Å². The molecule has 0 radical (unpaired) electrons. The van der Waals surface area contributed by atoms with Crippen LogP contribution in [-0.4, -0.2) is 51.1 Å². The van der Waals surface area contributed by atoms with Gasteiger partial charge in [-0.3, -0.25) is 14.2 Å². The molecule has 1 amide bonds. The molecule has 0 bridgehead atoms. The van der Waals surface area contributed by atoms with Gasteiger partial charge in [0.1, 0.15) is 0 Å². The number of hydrogen-bond donors (Lipinski definition) is 0. The molecule has 0 N–H and O–H groups in total. The summed E-state index contributed by atoms with van der Waals surface area (Å²) < 4.78 is 3.74. The third-order valence-electron chi connectivity index (χ3n) is 6.64. The van der Waals surface area contributed by atoms with Crippen molar-refractivity contribution in [3.05, 3.63) is 70.9 Å². The number of aromatic nitrogens is 3. The highest BCUT2D eigenvalue weighted by Crippen LogP contribution is 2.23. The largest absolute Gasteiger partial charge is 0.368 e. The Morgan fingerprint density at radius 2 is 1.79 bits per heavy atom. The average Bonchev–Trinajstić information content (AvgIpc) is 3.14. The zero-order valence-electron chi connectivity index (χ0n) is 19.4. The van der Waals surface area contributed by atoms with Crippen LogP contribution >= 0.6 is 0 Å². The fourth-order valence-corrected chi connectivity index (χ4v) is 4.74. The number of piperazine rings is 1. The van der Waals surface area contributed by atoms with Gasteiger partial charge >= 0.3 is 0 Å². The summed E-state index contributed by atoms with van der Waals surface area (Å²) in [5, 5.41) is 1.78. The molecule has 0 spiro atoms. The molecule has 5 rings (SSSR count). The molecule has 7 nitrogen and oxygen atoms in total. The first-order valence-electron chi connectivity index (χ1n) is 11.5. The molecule has 0 aliphatic carbocycles. The summed E-state index contributed by atoms with van der Waals surface area (Å²) in [6, 6.07) is 14.1. The van der Waals surface area contributed by atoms with Gasteiger partial charge in [-0.15, -0.1) is 0 Å². The Labute approximate surface area is 192 Å². The van der Waals surface area contributed by atoms with Gasteiger partial charge in [0, 0.05) is 62.1 Å². The summed E-state index contributed by atoms with van der Waals surface area (Å²) in [5.74, 6) is 0.167. The maximum Gasteiger partial charge on any atom is 0.261 e. The molecule has 3 heterocycles. The fraction of sp³-hybridized carbons (Fsp3) is 0.346. The Hall–Kier alpha value is -3.61. The molecule has 1 fully saturated rings. The van der Waals surface area contributed by atoms with Gasteiger partial charge in [0.15, 0.2) is 0 Å². The third kappa shape index (κ3) is 3.88. The minimum absolute atomic E-state index is 0.00889. The van der Waals surface area contributed by atoms with E-state index in [1.165, 1.54) is 0 Å². The van der Waals surface area contributed by atoms with E-state index in [9.17, 15) is 9.59 Å². The van der Waals surface area contributed by atoms with Crippen LogP contribution in [0, 0.1) is 0 Å². The highest BCUT2D eigenvalue weighted by molar-refractivity contribution is 5.89. The number of benzene rings is 2. The lowest BCUT2D eigenvalue weighted by atomic mass is 10.1. The zero-order valence-corrected chi connectivity index (χ0v) is 19.4. The van der Waals surface area contributed by atoms with Gasteiger partial charge in [-0.25, -0.2) is 4.98 Å². The van der Waals surface area contributed by atoms with Gasteiger partial charge in [-0.2, -0.15) is 0 Å². The average molecular weight is 444 g/mol. The van der Waals surface area contributed by atoms with Crippen molar-refractivity contribution in [3.8, 4) is 0 Å². The molecule has 2 aromatic heterocycles. The van der Waals surface area contributed by atoms with Gasteiger partial charge < -0.3 is 14.4 Å². The summed E-state index contributed by atoms with van der Waals surface area (Å²) in [4.78, 5) is 34.4. The zero-order chi connectivity index (χ0) is 23.1. The molecule has 4 aromatic rings. The van der Waals surface area contributed by atoms with Crippen LogP contribution in [0.5, 0.6) is 0 Å². The Balaban J connectivity index is 1.27.